The number of benzene rings is 1. The molecule has 0 radical (unpaired) electrons. The SMILES string of the molecule is CC(C)CCCC(=O)c1cc(F)cc(F)c1. The van der Waals surface area contributed by atoms with Gasteiger partial charge in [-0.2, -0.15) is 0 Å². The molecule has 0 saturated heterocycles. The monoisotopic (exact) mass is 226 g/mol. The van der Waals surface area contributed by atoms with E-state index >= 15 is 0 Å². The van der Waals surface area contributed by atoms with Crippen molar-refractivity contribution in [3.8, 4) is 0 Å². The fourth-order valence-electron chi connectivity index (χ4n) is 1.53. The number of carbonyl (C=O) groups is 1. The van der Waals surface area contributed by atoms with Crippen molar-refractivity contribution < 1.29 is 13.6 Å². The predicted molar refractivity (Wildman–Crippen MR) is 59.4 cm³/mol. The van der Waals surface area contributed by atoms with Gasteiger partial charge in [-0.1, -0.05) is 20.3 Å². The molecule has 0 aliphatic carbocycles. The molecular formula is C13H16F2O. The van der Waals surface area contributed by atoms with Crippen molar-refractivity contribution in [3.05, 3.63) is 35.4 Å². The third kappa shape index (κ3) is 4.09. The average molecular weight is 226 g/mol. The van der Waals surface area contributed by atoms with Gasteiger partial charge in [0, 0.05) is 18.1 Å². The Bertz CT molecular complexity index is 352. The van der Waals surface area contributed by atoms with E-state index in [1.165, 1.54) is 0 Å². The Morgan fingerprint density at radius 2 is 1.75 bits per heavy atom. The minimum Gasteiger partial charge on any atom is -0.294 e. The molecule has 0 spiro atoms. The molecule has 0 aromatic heterocycles. The minimum absolute atomic E-state index is 0.126. The lowest BCUT2D eigenvalue weighted by molar-refractivity contribution is 0.0977. The second-order valence-electron chi connectivity index (χ2n) is 4.37. The van der Waals surface area contributed by atoms with Crippen LogP contribution in [-0.4, -0.2) is 5.78 Å². The van der Waals surface area contributed by atoms with Crippen LogP contribution in [0.15, 0.2) is 18.2 Å². The van der Waals surface area contributed by atoms with Gasteiger partial charge in [-0.15, -0.1) is 0 Å². The largest absolute Gasteiger partial charge is 0.294 e. The van der Waals surface area contributed by atoms with Crippen LogP contribution >= 0.6 is 0 Å². The van der Waals surface area contributed by atoms with Crippen molar-refractivity contribution in [1.29, 1.82) is 0 Å². The quantitative estimate of drug-likeness (QED) is 0.694. The molecule has 0 N–H and O–H groups in total. The molecule has 88 valence electrons. The molecule has 0 aliphatic rings. The van der Waals surface area contributed by atoms with Gasteiger partial charge in [0.25, 0.3) is 0 Å². The average Bonchev–Trinajstić information content (AvgIpc) is 2.15. The lowest BCUT2D eigenvalue weighted by atomic mass is 10.0. The van der Waals surface area contributed by atoms with Crippen molar-refractivity contribution >= 4 is 5.78 Å². The summed E-state index contributed by atoms with van der Waals surface area (Å²) in [6.45, 7) is 4.15. The van der Waals surface area contributed by atoms with E-state index in [1.807, 2.05) is 0 Å². The van der Waals surface area contributed by atoms with Gasteiger partial charge in [0.2, 0.25) is 0 Å². The topological polar surface area (TPSA) is 17.1 Å². The maximum atomic E-state index is 12.8. The maximum absolute atomic E-state index is 12.8. The van der Waals surface area contributed by atoms with Crippen molar-refractivity contribution in [2.24, 2.45) is 5.92 Å². The number of hydrogen-bond acceptors (Lipinski definition) is 1. The van der Waals surface area contributed by atoms with Gasteiger partial charge in [0.15, 0.2) is 5.78 Å². The van der Waals surface area contributed by atoms with E-state index in [2.05, 4.69) is 13.8 Å². The summed E-state index contributed by atoms with van der Waals surface area (Å²) in [4.78, 5) is 11.6. The normalized spacial score (nSPS) is 10.8. The second-order valence-corrected chi connectivity index (χ2v) is 4.37. The van der Waals surface area contributed by atoms with E-state index in [1.54, 1.807) is 0 Å². The van der Waals surface area contributed by atoms with Gasteiger partial charge in [-0.25, -0.2) is 8.78 Å². The Morgan fingerprint density at radius 1 is 1.19 bits per heavy atom. The number of hydrogen-bond donors (Lipinski definition) is 0. The third-order valence-corrected chi connectivity index (χ3v) is 2.37. The van der Waals surface area contributed by atoms with Crippen LogP contribution in [-0.2, 0) is 0 Å². The number of carbonyl (C=O) groups excluding carboxylic acids is 1. The van der Waals surface area contributed by atoms with E-state index < -0.39 is 11.6 Å². The molecule has 16 heavy (non-hydrogen) atoms. The first kappa shape index (κ1) is 12.8. The lowest BCUT2D eigenvalue weighted by Gasteiger charge is -2.04. The van der Waals surface area contributed by atoms with E-state index in [0.717, 1.165) is 31.0 Å². The second kappa shape index (κ2) is 5.73. The highest BCUT2D eigenvalue weighted by atomic mass is 19.1. The Kier molecular flexibility index (Phi) is 4.59. The van der Waals surface area contributed by atoms with E-state index in [0.29, 0.717) is 12.3 Å². The number of Topliss-reactive ketones (excluding diaryl/α,β-unsaturated/α-hetero) is 1. The molecule has 1 aromatic carbocycles. The molecular weight excluding hydrogens is 210 g/mol. The molecule has 0 saturated carbocycles. The van der Waals surface area contributed by atoms with E-state index in [9.17, 15) is 13.6 Å². The van der Waals surface area contributed by atoms with Crippen LogP contribution in [0, 0.1) is 17.6 Å². The first-order valence-corrected chi connectivity index (χ1v) is 5.48. The van der Waals surface area contributed by atoms with Crippen LogP contribution in [0.4, 0.5) is 8.78 Å². The molecule has 0 atom stereocenters. The van der Waals surface area contributed by atoms with E-state index in [-0.39, 0.29) is 11.3 Å². The van der Waals surface area contributed by atoms with E-state index in [4.69, 9.17) is 0 Å². The molecule has 3 heteroatoms. The van der Waals surface area contributed by atoms with Crippen LogP contribution in [0.3, 0.4) is 0 Å². The Labute approximate surface area is 94.5 Å². The summed E-state index contributed by atoms with van der Waals surface area (Å²) in [6, 6.07) is 2.94. The Balaban J connectivity index is 2.59. The minimum atomic E-state index is -0.702. The molecule has 0 unspecified atom stereocenters. The number of ketones is 1. The van der Waals surface area contributed by atoms with Crippen LogP contribution < -0.4 is 0 Å². The molecule has 0 heterocycles. The van der Waals surface area contributed by atoms with Gasteiger partial charge in [0.1, 0.15) is 11.6 Å². The van der Waals surface area contributed by atoms with Gasteiger partial charge < -0.3 is 0 Å². The van der Waals surface area contributed by atoms with Crippen molar-refractivity contribution in [2.45, 2.75) is 33.1 Å². The van der Waals surface area contributed by atoms with Gasteiger partial charge >= 0.3 is 0 Å². The standard InChI is InChI=1S/C13H16F2O/c1-9(2)4-3-5-13(16)10-6-11(14)8-12(15)7-10/h6-9H,3-5H2,1-2H3. The summed E-state index contributed by atoms with van der Waals surface area (Å²) < 4.78 is 25.7. The smallest absolute Gasteiger partial charge is 0.163 e. The van der Waals surface area contributed by atoms with Crippen LogP contribution in [0.25, 0.3) is 0 Å². The van der Waals surface area contributed by atoms with Gasteiger partial charge in [-0.05, 0) is 24.5 Å². The fourth-order valence-corrected chi connectivity index (χ4v) is 1.53. The highest BCUT2D eigenvalue weighted by Gasteiger charge is 2.09. The third-order valence-electron chi connectivity index (χ3n) is 2.37. The van der Waals surface area contributed by atoms with Crippen LogP contribution in [0.1, 0.15) is 43.5 Å². The predicted octanol–water partition coefficient (Wildman–Crippen LogP) is 3.97. The van der Waals surface area contributed by atoms with Crippen molar-refractivity contribution in [3.63, 3.8) is 0 Å². The number of rotatable bonds is 5. The zero-order valence-corrected chi connectivity index (χ0v) is 9.59. The summed E-state index contributed by atoms with van der Waals surface area (Å²) in [5.41, 5.74) is 0.126. The first-order valence-electron chi connectivity index (χ1n) is 5.48. The molecule has 0 aliphatic heterocycles. The summed E-state index contributed by atoms with van der Waals surface area (Å²) in [7, 11) is 0. The molecule has 0 bridgehead atoms. The lowest BCUT2D eigenvalue weighted by Crippen LogP contribution is -2.01. The summed E-state index contributed by atoms with van der Waals surface area (Å²) >= 11 is 0. The van der Waals surface area contributed by atoms with Crippen LogP contribution in [0.5, 0.6) is 0 Å². The molecule has 0 fully saturated rings. The highest BCUT2D eigenvalue weighted by Crippen LogP contribution is 2.13. The summed E-state index contributed by atoms with van der Waals surface area (Å²) in [5.74, 6) is -1.06. The molecule has 1 rings (SSSR count). The Hall–Kier alpha value is -1.25. The zero-order chi connectivity index (χ0) is 12.1. The van der Waals surface area contributed by atoms with Crippen LogP contribution in [0.2, 0.25) is 0 Å². The molecule has 0 amide bonds. The van der Waals surface area contributed by atoms with Crippen molar-refractivity contribution in [2.75, 3.05) is 0 Å². The van der Waals surface area contributed by atoms with Crippen molar-refractivity contribution in [1.82, 2.24) is 0 Å². The summed E-state index contributed by atoms with van der Waals surface area (Å²) in [6.07, 6.45) is 2.05. The number of halogens is 2. The first-order chi connectivity index (χ1) is 7.49. The molecule has 1 aromatic rings. The van der Waals surface area contributed by atoms with Gasteiger partial charge in [-0.3, -0.25) is 4.79 Å². The summed E-state index contributed by atoms with van der Waals surface area (Å²) in [5, 5.41) is 0. The maximum Gasteiger partial charge on any atom is 0.163 e. The Morgan fingerprint density at radius 3 is 2.25 bits per heavy atom. The zero-order valence-electron chi connectivity index (χ0n) is 9.59. The molecule has 1 nitrogen and oxygen atoms in total. The van der Waals surface area contributed by atoms with Gasteiger partial charge in [0.05, 0.1) is 0 Å². The fraction of sp³-hybridized carbons (Fsp3) is 0.462. The highest BCUT2D eigenvalue weighted by molar-refractivity contribution is 5.96.